The molecule has 0 spiro atoms. The van der Waals surface area contributed by atoms with E-state index in [9.17, 15) is 4.79 Å². The Morgan fingerprint density at radius 3 is 2.91 bits per heavy atom. The van der Waals surface area contributed by atoms with Gasteiger partial charge in [0.25, 0.3) is 0 Å². The van der Waals surface area contributed by atoms with Crippen LogP contribution >= 0.6 is 11.8 Å². The Labute approximate surface area is 131 Å². The molecule has 2 heterocycles. The van der Waals surface area contributed by atoms with Gasteiger partial charge in [-0.1, -0.05) is 23.0 Å². The Bertz CT molecular complexity index is 824. The van der Waals surface area contributed by atoms with Crippen molar-refractivity contribution in [1.82, 2.24) is 15.1 Å². The number of thioether (sulfide) groups is 1. The molecule has 22 heavy (non-hydrogen) atoms. The molecule has 6 nitrogen and oxygen atoms in total. The third kappa shape index (κ3) is 3.14. The van der Waals surface area contributed by atoms with Crippen molar-refractivity contribution in [3.63, 3.8) is 0 Å². The maximum absolute atomic E-state index is 12.1. The van der Waals surface area contributed by atoms with E-state index in [0.717, 1.165) is 16.2 Å². The third-order valence-electron chi connectivity index (χ3n) is 3.15. The fourth-order valence-electron chi connectivity index (χ4n) is 2.03. The smallest absolute Gasteiger partial charge is 0.238 e. The van der Waals surface area contributed by atoms with Crippen LogP contribution in [0.15, 0.2) is 33.9 Å². The molecule has 0 fully saturated rings. The Balaban J connectivity index is 1.69. The normalized spacial score (nSPS) is 12.5. The summed E-state index contributed by atoms with van der Waals surface area (Å²) in [5.41, 5.74) is 3.04. The van der Waals surface area contributed by atoms with Crippen LogP contribution in [0.25, 0.3) is 11.0 Å². The van der Waals surface area contributed by atoms with Gasteiger partial charge in [0.2, 0.25) is 5.91 Å². The van der Waals surface area contributed by atoms with Gasteiger partial charge in [0.1, 0.15) is 5.76 Å². The maximum Gasteiger partial charge on any atom is 0.238 e. The summed E-state index contributed by atoms with van der Waals surface area (Å²) in [6, 6.07) is 7.70. The number of nitrogens with zero attached hydrogens (tertiary/aromatic N) is 2. The first-order valence-corrected chi connectivity index (χ1v) is 7.76. The van der Waals surface area contributed by atoms with E-state index in [-0.39, 0.29) is 11.2 Å². The number of hydrogen-bond acceptors (Lipinski definition) is 5. The molecule has 1 aromatic carbocycles. The van der Waals surface area contributed by atoms with Crippen LogP contribution in [0.4, 0.5) is 5.82 Å². The zero-order valence-corrected chi connectivity index (χ0v) is 13.3. The van der Waals surface area contributed by atoms with Crippen LogP contribution < -0.4 is 5.32 Å². The number of aromatic nitrogens is 3. The lowest BCUT2D eigenvalue weighted by molar-refractivity contribution is -0.115. The molecule has 0 aliphatic heterocycles. The molecule has 2 aromatic heterocycles. The zero-order chi connectivity index (χ0) is 15.7. The molecule has 0 aliphatic rings. The SMILES string of the molecule is Cc1ccc2nc(SC(C)C(=O)Nc3cc(C)on3)[nH]c2c1. The Morgan fingerprint density at radius 2 is 2.18 bits per heavy atom. The van der Waals surface area contributed by atoms with Gasteiger partial charge in [-0.3, -0.25) is 4.79 Å². The van der Waals surface area contributed by atoms with Gasteiger partial charge >= 0.3 is 0 Å². The minimum Gasteiger partial charge on any atom is -0.360 e. The van der Waals surface area contributed by atoms with Gasteiger partial charge in [-0.2, -0.15) is 0 Å². The summed E-state index contributed by atoms with van der Waals surface area (Å²) < 4.78 is 4.92. The highest BCUT2D eigenvalue weighted by Gasteiger charge is 2.18. The van der Waals surface area contributed by atoms with Crippen molar-refractivity contribution in [3.05, 3.63) is 35.6 Å². The van der Waals surface area contributed by atoms with Crippen molar-refractivity contribution in [2.75, 3.05) is 5.32 Å². The van der Waals surface area contributed by atoms with E-state index in [1.807, 2.05) is 32.0 Å². The lowest BCUT2D eigenvalue weighted by Crippen LogP contribution is -2.22. The molecule has 3 aromatic rings. The van der Waals surface area contributed by atoms with Crippen LogP contribution in [0, 0.1) is 13.8 Å². The predicted molar refractivity (Wildman–Crippen MR) is 86.0 cm³/mol. The summed E-state index contributed by atoms with van der Waals surface area (Å²) in [4.78, 5) is 19.8. The van der Waals surface area contributed by atoms with Crippen LogP contribution in [0.3, 0.4) is 0 Å². The van der Waals surface area contributed by atoms with Gasteiger partial charge < -0.3 is 14.8 Å². The molecule has 0 aliphatic carbocycles. The fourth-order valence-corrected chi connectivity index (χ4v) is 2.85. The van der Waals surface area contributed by atoms with Gasteiger partial charge in [-0.05, 0) is 38.5 Å². The number of benzene rings is 1. The number of amides is 1. The van der Waals surface area contributed by atoms with Crippen LogP contribution in [0.2, 0.25) is 0 Å². The van der Waals surface area contributed by atoms with Gasteiger partial charge in [-0.25, -0.2) is 4.98 Å². The highest BCUT2D eigenvalue weighted by atomic mass is 32.2. The summed E-state index contributed by atoms with van der Waals surface area (Å²) in [5.74, 6) is 0.938. The molecule has 3 rings (SSSR count). The van der Waals surface area contributed by atoms with E-state index < -0.39 is 0 Å². The van der Waals surface area contributed by atoms with Crippen molar-refractivity contribution < 1.29 is 9.32 Å². The Kier molecular flexibility index (Phi) is 3.89. The van der Waals surface area contributed by atoms with E-state index >= 15 is 0 Å². The third-order valence-corrected chi connectivity index (χ3v) is 4.14. The molecule has 0 saturated carbocycles. The molecule has 1 atom stereocenters. The fraction of sp³-hybridized carbons (Fsp3) is 0.267. The van der Waals surface area contributed by atoms with Gasteiger partial charge in [0.15, 0.2) is 11.0 Å². The van der Waals surface area contributed by atoms with E-state index in [2.05, 4.69) is 20.4 Å². The maximum atomic E-state index is 12.1. The second kappa shape index (κ2) is 5.84. The average Bonchev–Trinajstić information content (AvgIpc) is 3.04. The minimum atomic E-state index is -0.307. The highest BCUT2D eigenvalue weighted by Crippen LogP contribution is 2.24. The molecule has 0 radical (unpaired) electrons. The molecule has 1 amide bonds. The number of rotatable bonds is 4. The van der Waals surface area contributed by atoms with Crippen LogP contribution in [-0.2, 0) is 4.79 Å². The lowest BCUT2D eigenvalue weighted by atomic mass is 10.2. The van der Waals surface area contributed by atoms with E-state index in [4.69, 9.17) is 4.52 Å². The summed E-state index contributed by atoms with van der Waals surface area (Å²) in [6.45, 7) is 5.63. The molecule has 114 valence electrons. The number of nitrogens with one attached hydrogen (secondary N) is 2. The topological polar surface area (TPSA) is 83.8 Å². The molecule has 0 bridgehead atoms. The van der Waals surface area contributed by atoms with Crippen molar-refractivity contribution in [2.24, 2.45) is 0 Å². The lowest BCUT2D eigenvalue weighted by Gasteiger charge is -2.07. The number of fused-ring (bicyclic) bond motifs is 1. The zero-order valence-electron chi connectivity index (χ0n) is 12.5. The van der Waals surface area contributed by atoms with Crippen molar-refractivity contribution in [3.8, 4) is 0 Å². The summed E-state index contributed by atoms with van der Waals surface area (Å²) in [7, 11) is 0. The first-order chi connectivity index (χ1) is 10.5. The predicted octanol–water partition coefficient (Wildman–Crippen LogP) is 3.29. The van der Waals surface area contributed by atoms with Crippen molar-refractivity contribution in [1.29, 1.82) is 0 Å². The summed E-state index contributed by atoms with van der Waals surface area (Å²) in [5, 5.41) is 6.88. The molecular weight excluding hydrogens is 300 g/mol. The standard InChI is InChI=1S/C15H16N4O2S/c1-8-4-5-11-12(6-8)17-15(16-11)22-10(3)14(20)18-13-7-9(2)21-19-13/h4-7,10H,1-3H3,(H,16,17)(H,18,19,20). The van der Waals surface area contributed by atoms with E-state index in [1.54, 1.807) is 13.0 Å². The number of aromatic amines is 1. The van der Waals surface area contributed by atoms with Crippen LogP contribution in [-0.4, -0.2) is 26.3 Å². The van der Waals surface area contributed by atoms with Gasteiger partial charge in [0, 0.05) is 6.07 Å². The summed E-state index contributed by atoms with van der Waals surface area (Å²) in [6.07, 6.45) is 0. The minimum absolute atomic E-state index is 0.144. The second-order valence-corrected chi connectivity index (χ2v) is 6.46. The van der Waals surface area contributed by atoms with Crippen molar-refractivity contribution in [2.45, 2.75) is 31.2 Å². The first kappa shape index (κ1) is 14.6. The molecule has 7 heteroatoms. The van der Waals surface area contributed by atoms with Crippen molar-refractivity contribution >= 4 is 34.5 Å². The van der Waals surface area contributed by atoms with E-state index in [1.165, 1.54) is 17.3 Å². The molecule has 1 unspecified atom stereocenters. The Hall–Kier alpha value is -2.28. The largest absolute Gasteiger partial charge is 0.360 e. The van der Waals surface area contributed by atoms with Crippen LogP contribution in [0.5, 0.6) is 0 Å². The van der Waals surface area contributed by atoms with E-state index in [0.29, 0.717) is 11.6 Å². The van der Waals surface area contributed by atoms with Gasteiger partial charge in [0.05, 0.1) is 16.3 Å². The molecule has 2 N–H and O–H groups in total. The Morgan fingerprint density at radius 1 is 1.36 bits per heavy atom. The highest BCUT2D eigenvalue weighted by molar-refractivity contribution is 8.00. The number of hydrogen-bond donors (Lipinski definition) is 2. The second-order valence-electron chi connectivity index (χ2n) is 5.13. The average molecular weight is 316 g/mol. The van der Waals surface area contributed by atoms with Crippen LogP contribution in [0.1, 0.15) is 18.2 Å². The number of imidazole rings is 1. The number of anilines is 1. The number of carbonyl (C=O) groups is 1. The monoisotopic (exact) mass is 316 g/mol. The summed E-state index contributed by atoms with van der Waals surface area (Å²) >= 11 is 1.37. The molecule has 0 saturated heterocycles. The first-order valence-electron chi connectivity index (χ1n) is 6.88. The number of H-pyrrole nitrogens is 1. The van der Waals surface area contributed by atoms with Gasteiger partial charge in [-0.15, -0.1) is 0 Å². The number of carbonyl (C=O) groups excluding carboxylic acids is 1. The number of aryl methyl sites for hydroxylation is 2. The molecular formula is C15H16N4O2S. The quantitative estimate of drug-likeness (QED) is 0.722.